The van der Waals surface area contributed by atoms with E-state index in [4.69, 9.17) is 4.42 Å². The van der Waals surface area contributed by atoms with Crippen LogP contribution in [0.25, 0.3) is 27.5 Å². The van der Waals surface area contributed by atoms with Crippen molar-refractivity contribution in [3.05, 3.63) is 108 Å². The summed E-state index contributed by atoms with van der Waals surface area (Å²) in [5, 5.41) is 6.70. The first-order valence-electron chi connectivity index (χ1n) is 9.49. The van der Waals surface area contributed by atoms with Gasteiger partial charge in [0.05, 0.1) is 23.3 Å². The lowest BCUT2D eigenvalue weighted by molar-refractivity contribution is 0.535. The van der Waals surface area contributed by atoms with Crippen molar-refractivity contribution in [1.82, 2.24) is 19.6 Å². The van der Waals surface area contributed by atoms with E-state index in [9.17, 15) is 0 Å². The minimum absolute atomic E-state index is 0.142. The maximum atomic E-state index is 6.28. The van der Waals surface area contributed by atoms with Crippen LogP contribution in [0.15, 0.2) is 95.8 Å². The van der Waals surface area contributed by atoms with Crippen molar-refractivity contribution in [1.29, 1.82) is 0 Å². The summed E-state index contributed by atoms with van der Waals surface area (Å²) >= 11 is 0. The molecule has 5 nitrogen and oxygen atoms in total. The van der Waals surface area contributed by atoms with Crippen molar-refractivity contribution in [2.75, 3.05) is 0 Å². The second kappa shape index (κ2) is 6.27. The third-order valence-corrected chi connectivity index (χ3v) is 5.29. The first-order chi connectivity index (χ1) is 14.4. The number of fused-ring (bicyclic) bond motifs is 3. The molecule has 1 unspecified atom stereocenters. The fourth-order valence-corrected chi connectivity index (χ4v) is 3.94. The summed E-state index contributed by atoms with van der Waals surface area (Å²) in [6.45, 7) is 0. The molecule has 0 saturated heterocycles. The zero-order chi connectivity index (χ0) is 19.2. The number of nitrogens with zero attached hydrogens (tertiary/aromatic N) is 4. The number of rotatable bonds is 3. The van der Waals surface area contributed by atoms with Crippen LogP contribution in [0.5, 0.6) is 0 Å². The Hall–Kier alpha value is -3.99. The molecule has 4 heterocycles. The van der Waals surface area contributed by atoms with Gasteiger partial charge in [0.25, 0.3) is 0 Å². The fraction of sp³-hybridized carbons (Fsp3) is 0.0417. The van der Waals surface area contributed by atoms with Gasteiger partial charge in [-0.2, -0.15) is 5.10 Å². The largest absolute Gasteiger partial charge is 0.460 e. The number of pyridine rings is 1. The lowest BCUT2D eigenvalue weighted by Gasteiger charge is -2.15. The second-order valence-corrected chi connectivity index (χ2v) is 7.05. The SMILES string of the molecule is c1cnc2ccc(C(c3cc4ccccc4o3)c3cnc4cccnn34)cc2c1. The van der Waals surface area contributed by atoms with E-state index in [1.165, 1.54) is 0 Å². The molecule has 0 radical (unpaired) electrons. The van der Waals surface area contributed by atoms with Gasteiger partial charge in [-0.25, -0.2) is 9.50 Å². The molecule has 29 heavy (non-hydrogen) atoms. The minimum atomic E-state index is -0.142. The standard InChI is InChI=1S/C24H16N4O/c1-2-7-21-17(5-1)14-22(29-21)24(20-15-26-23-8-4-12-27-28(20)23)18-9-10-19-16(13-18)6-3-11-25-19/h1-15,24H. The van der Waals surface area contributed by atoms with Gasteiger partial charge in [-0.05, 0) is 48.0 Å². The van der Waals surface area contributed by atoms with Crippen molar-refractivity contribution >= 4 is 27.5 Å². The fourth-order valence-electron chi connectivity index (χ4n) is 3.94. The molecular formula is C24H16N4O. The number of para-hydroxylation sites is 1. The lowest BCUT2D eigenvalue weighted by Crippen LogP contribution is -2.07. The van der Waals surface area contributed by atoms with Gasteiger partial charge in [0.15, 0.2) is 5.65 Å². The smallest absolute Gasteiger partial charge is 0.153 e. The highest BCUT2D eigenvalue weighted by atomic mass is 16.3. The van der Waals surface area contributed by atoms with E-state index in [1.54, 1.807) is 6.20 Å². The summed E-state index contributed by atoms with van der Waals surface area (Å²) in [4.78, 5) is 9.00. The minimum Gasteiger partial charge on any atom is -0.460 e. The maximum absolute atomic E-state index is 6.28. The molecule has 0 bridgehead atoms. The van der Waals surface area contributed by atoms with E-state index >= 15 is 0 Å². The number of benzene rings is 2. The van der Waals surface area contributed by atoms with Gasteiger partial charge in [-0.1, -0.05) is 30.3 Å². The van der Waals surface area contributed by atoms with E-state index in [1.807, 2.05) is 53.3 Å². The molecule has 0 spiro atoms. The van der Waals surface area contributed by atoms with Gasteiger partial charge >= 0.3 is 0 Å². The highest BCUT2D eigenvalue weighted by molar-refractivity contribution is 5.80. The quantitative estimate of drug-likeness (QED) is 0.426. The lowest BCUT2D eigenvalue weighted by atomic mass is 9.92. The van der Waals surface area contributed by atoms with Gasteiger partial charge < -0.3 is 4.42 Å². The first-order valence-corrected chi connectivity index (χ1v) is 9.49. The van der Waals surface area contributed by atoms with Gasteiger partial charge in [-0.15, -0.1) is 0 Å². The van der Waals surface area contributed by atoms with E-state index in [0.717, 1.165) is 44.5 Å². The summed E-state index contributed by atoms with van der Waals surface area (Å²) in [7, 11) is 0. The molecule has 0 saturated carbocycles. The number of imidazole rings is 1. The van der Waals surface area contributed by atoms with Crippen LogP contribution in [-0.2, 0) is 0 Å². The average Bonchev–Trinajstić information content (AvgIpc) is 3.39. The molecule has 6 rings (SSSR count). The topological polar surface area (TPSA) is 56.2 Å². The van der Waals surface area contributed by atoms with E-state index in [0.29, 0.717) is 0 Å². The molecule has 0 amide bonds. The van der Waals surface area contributed by atoms with Gasteiger partial charge in [-0.3, -0.25) is 4.98 Å². The Morgan fingerprint density at radius 2 is 1.69 bits per heavy atom. The zero-order valence-electron chi connectivity index (χ0n) is 15.4. The molecule has 4 aromatic heterocycles. The van der Waals surface area contributed by atoms with E-state index in [-0.39, 0.29) is 5.92 Å². The molecule has 0 aliphatic carbocycles. The van der Waals surface area contributed by atoms with Crippen LogP contribution in [0.1, 0.15) is 22.9 Å². The van der Waals surface area contributed by atoms with Crippen LogP contribution in [0.2, 0.25) is 0 Å². The summed E-state index contributed by atoms with van der Waals surface area (Å²) in [5.74, 6) is 0.721. The number of aromatic nitrogens is 4. The summed E-state index contributed by atoms with van der Waals surface area (Å²) in [6.07, 6.45) is 5.47. The van der Waals surface area contributed by atoms with Crippen molar-refractivity contribution in [2.24, 2.45) is 0 Å². The van der Waals surface area contributed by atoms with Crippen molar-refractivity contribution in [2.45, 2.75) is 5.92 Å². The van der Waals surface area contributed by atoms with E-state index < -0.39 is 0 Å². The van der Waals surface area contributed by atoms with E-state index in [2.05, 4.69) is 51.5 Å². The highest BCUT2D eigenvalue weighted by Gasteiger charge is 2.25. The Labute approximate surface area is 166 Å². The Morgan fingerprint density at radius 3 is 2.66 bits per heavy atom. The number of hydrogen-bond acceptors (Lipinski definition) is 4. The van der Waals surface area contributed by atoms with Crippen molar-refractivity contribution in [3.8, 4) is 0 Å². The van der Waals surface area contributed by atoms with Gasteiger partial charge in [0.2, 0.25) is 0 Å². The Kier molecular flexibility index (Phi) is 3.46. The summed E-state index contributed by atoms with van der Waals surface area (Å²) in [6, 6.07) is 24.4. The van der Waals surface area contributed by atoms with Crippen LogP contribution in [-0.4, -0.2) is 19.6 Å². The van der Waals surface area contributed by atoms with Gasteiger partial charge in [0, 0.05) is 23.2 Å². The van der Waals surface area contributed by atoms with Gasteiger partial charge in [0.1, 0.15) is 11.3 Å². The summed E-state index contributed by atoms with van der Waals surface area (Å²) < 4.78 is 8.17. The molecular weight excluding hydrogens is 360 g/mol. The van der Waals surface area contributed by atoms with Crippen LogP contribution in [0.3, 0.4) is 0 Å². The number of hydrogen-bond donors (Lipinski definition) is 0. The van der Waals surface area contributed by atoms with Crippen LogP contribution >= 0.6 is 0 Å². The molecule has 0 N–H and O–H groups in total. The van der Waals surface area contributed by atoms with Crippen molar-refractivity contribution in [3.63, 3.8) is 0 Å². The van der Waals surface area contributed by atoms with Crippen LogP contribution in [0, 0.1) is 0 Å². The predicted octanol–water partition coefficient (Wildman–Crippen LogP) is 5.20. The average molecular weight is 376 g/mol. The molecule has 0 fully saturated rings. The Balaban J connectivity index is 1.62. The zero-order valence-corrected chi connectivity index (χ0v) is 15.4. The van der Waals surface area contributed by atoms with Crippen molar-refractivity contribution < 1.29 is 4.42 Å². The third-order valence-electron chi connectivity index (χ3n) is 5.29. The first kappa shape index (κ1) is 16.0. The molecule has 6 aromatic rings. The molecule has 2 aromatic carbocycles. The molecule has 5 heteroatoms. The summed E-state index contributed by atoms with van der Waals surface area (Å²) in [5.41, 5.74) is 4.72. The normalized spacial score (nSPS) is 12.7. The molecule has 1 atom stereocenters. The Bertz CT molecular complexity index is 1450. The van der Waals surface area contributed by atoms with Crippen LogP contribution in [0.4, 0.5) is 0 Å². The monoisotopic (exact) mass is 376 g/mol. The Morgan fingerprint density at radius 1 is 0.793 bits per heavy atom. The highest BCUT2D eigenvalue weighted by Crippen LogP contribution is 2.36. The second-order valence-electron chi connectivity index (χ2n) is 7.05. The molecule has 0 aliphatic rings. The third kappa shape index (κ3) is 2.59. The predicted molar refractivity (Wildman–Crippen MR) is 112 cm³/mol. The molecule has 0 aliphatic heterocycles. The maximum Gasteiger partial charge on any atom is 0.153 e. The number of furan rings is 1. The molecule has 138 valence electrons. The van der Waals surface area contributed by atoms with Crippen LogP contribution < -0.4 is 0 Å².